The van der Waals surface area contributed by atoms with Crippen LogP contribution < -0.4 is 10.5 Å². The third-order valence-electron chi connectivity index (χ3n) is 2.41. The molecule has 0 saturated heterocycles. The Bertz CT molecular complexity index is 574. The lowest BCUT2D eigenvalue weighted by atomic mass is 10.2. The Hall–Kier alpha value is -2.43. The number of rotatable bonds is 4. The van der Waals surface area contributed by atoms with E-state index in [9.17, 15) is 4.79 Å². The molecule has 3 N–H and O–H groups in total. The lowest BCUT2D eigenvalue weighted by Gasteiger charge is -2.07. The van der Waals surface area contributed by atoms with Crippen LogP contribution in [0.5, 0.6) is 5.75 Å². The number of carboxylic acid groups (broad SMARTS) is 1. The highest BCUT2D eigenvalue weighted by Gasteiger charge is 2.09. The van der Waals surface area contributed by atoms with Crippen molar-refractivity contribution in [1.82, 2.24) is 0 Å². The highest BCUT2D eigenvalue weighted by molar-refractivity contribution is 5.84. The molecule has 0 unspecified atom stereocenters. The summed E-state index contributed by atoms with van der Waals surface area (Å²) in [6, 6.07) is 8.41. The van der Waals surface area contributed by atoms with Gasteiger partial charge in [0.05, 0.1) is 5.69 Å². The number of anilines is 1. The normalized spacial score (nSPS) is 10.3. The van der Waals surface area contributed by atoms with Gasteiger partial charge in [-0.3, -0.25) is 0 Å². The molecule has 0 radical (unpaired) electrons. The molecule has 2 rings (SSSR count). The van der Waals surface area contributed by atoms with Crippen LogP contribution in [0.2, 0.25) is 0 Å². The SMILES string of the molecule is Cc1ccc(OCc2ccc(C(=O)O)o2)c(N)c1. The summed E-state index contributed by atoms with van der Waals surface area (Å²) in [6.07, 6.45) is 0. The van der Waals surface area contributed by atoms with Gasteiger partial charge in [-0.25, -0.2) is 4.79 Å². The standard InChI is InChI=1S/C13H13NO4/c1-8-2-4-11(10(14)6-8)17-7-9-3-5-12(18-9)13(15)16/h2-6H,7,14H2,1H3,(H,15,16). The minimum atomic E-state index is -1.10. The number of aryl methyl sites for hydroxylation is 1. The summed E-state index contributed by atoms with van der Waals surface area (Å²) in [5, 5.41) is 8.70. The zero-order valence-corrected chi connectivity index (χ0v) is 9.84. The topological polar surface area (TPSA) is 85.7 Å². The van der Waals surface area contributed by atoms with E-state index in [1.807, 2.05) is 13.0 Å². The molecule has 0 amide bonds. The Morgan fingerprint density at radius 3 is 2.78 bits per heavy atom. The molecule has 5 nitrogen and oxygen atoms in total. The first-order valence-corrected chi connectivity index (χ1v) is 5.37. The van der Waals surface area contributed by atoms with Crippen LogP contribution in [-0.2, 0) is 6.61 Å². The van der Waals surface area contributed by atoms with Crippen molar-refractivity contribution in [2.75, 3.05) is 5.73 Å². The second kappa shape index (κ2) is 4.83. The molecule has 1 heterocycles. The number of nitrogens with two attached hydrogens (primary N) is 1. The molecule has 0 aliphatic heterocycles. The Labute approximate surface area is 104 Å². The fourth-order valence-electron chi connectivity index (χ4n) is 1.52. The lowest BCUT2D eigenvalue weighted by Crippen LogP contribution is -1.98. The number of hydrogen-bond acceptors (Lipinski definition) is 4. The van der Waals surface area contributed by atoms with Crippen LogP contribution >= 0.6 is 0 Å². The van der Waals surface area contributed by atoms with Crippen LogP contribution in [0.3, 0.4) is 0 Å². The molecule has 0 aliphatic rings. The van der Waals surface area contributed by atoms with E-state index in [0.717, 1.165) is 5.56 Å². The molecule has 0 aliphatic carbocycles. The summed E-state index contributed by atoms with van der Waals surface area (Å²) in [4.78, 5) is 10.6. The van der Waals surface area contributed by atoms with Crippen molar-refractivity contribution in [1.29, 1.82) is 0 Å². The smallest absolute Gasteiger partial charge is 0.371 e. The predicted molar refractivity (Wildman–Crippen MR) is 65.6 cm³/mol. The summed E-state index contributed by atoms with van der Waals surface area (Å²) in [7, 11) is 0. The van der Waals surface area contributed by atoms with Crippen LogP contribution in [0.15, 0.2) is 34.7 Å². The molecule has 0 atom stereocenters. The number of carboxylic acids is 1. The summed E-state index contributed by atoms with van der Waals surface area (Å²) in [5.74, 6) is -0.220. The van der Waals surface area contributed by atoms with E-state index in [1.165, 1.54) is 6.07 Å². The van der Waals surface area contributed by atoms with E-state index in [-0.39, 0.29) is 12.4 Å². The summed E-state index contributed by atoms with van der Waals surface area (Å²) < 4.78 is 10.5. The van der Waals surface area contributed by atoms with Gasteiger partial charge in [-0.1, -0.05) is 6.07 Å². The van der Waals surface area contributed by atoms with Crippen LogP contribution in [-0.4, -0.2) is 11.1 Å². The van der Waals surface area contributed by atoms with E-state index in [2.05, 4.69) is 0 Å². The monoisotopic (exact) mass is 247 g/mol. The van der Waals surface area contributed by atoms with Crippen molar-refractivity contribution in [3.05, 3.63) is 47.4 Å². The van der Waals surface area contributed by atoms with Gasteiger partial charge in [-0.05, 0) is 36.8 Å². The Balaban J connectivity index is 2.04. The molecule has 0 bridgehead atoms. The first-order chi connectivity index (χ1) is 8.56. The van der Waals surface area contributed by atoms with Crippen LogP contribution in [0.25, 0.3) is 0 Å². The fraction of sp³-hybridized carbons (Fsp3) is 0.154. The largest absolute Gasteiger partial charge is 0.483 e. The minimum Gasteiger partial charge on any atom is -0.483 e. The molecule has 94 valence electrons. The quantitative estimate of drug-likeness (QED) is 0.810. The first kappa shape index (κ1) is 12.0. The third kappa shape index (κ3) is 2.63. The Kier molecular flexibility index (Phi) is 3.23. The number of furan rings is 1. The van der Waals surface area contributed by atoms with Gasteiger partial charge in [0.15, 0.2) is 0 Å². The number of ether oxygens (including phenoxy) is 1. The third-order valence-corrected chi connectivity index (χ3v) is 2.41. The van der Waals surface area contributed by atoms with E-state index in [0.29, 0.717) is 17.2 Å². The van der Waals surface area contributed by atoms with Gasteiger partial charge in [0.25, 0.3) is 0 Å². The molecule has 0 fully saturated rings. The van der Waals surface area contributed by atoms with Gasteiger partial charge >= 0.3 is 5.97 Å². The lowest BCUT2D eigenvalue weighted by molar-refractivity contribution is 0.0658. The van der Waals surface area contributed by atoms with Gasteiger partial charge in [-0.2, -0.15) is 0 Å². The molecule has 2 aromatic rings. The van der Waals surface area contributed by atoms with Crippen molar-refractivity contribution >= 4 is 11.7 Å². The molecule has 0 spiro atoms. The maximum Gasteiger partial charge on any atom is 0.371 e. The van der Waals surface area contributed by atoms with Gasteiger partial charge in [-0.15, -0.1) is 0 Å². The highest BCUT2D eigenvalue weighted by atomic mass is 16.5. The number of nitrogen functional groups attached to an aromatic ring is 1. The Morgan fingerprint density at radius 1 is 1.39 bits per heavy atom. The van der Waals surface area contributed by atoms with Crippen molar-refractivity contribution < 1.29 is 19.1 Å². The predicted octanol–water partition coefficient (Wildman–Crippen LogP) is 2.45. The van der Waals surface area contributed by atoms with E-state index >= 15 is 0 Å². The second-order valence-corrected chi connectivity index (χ2v) is 3.90. The first-order valence-electron chi connectivity index (χ1n) is 5.37. The maximum absolute atomic E-state index is 10.6. The average Bonchev–Trinajstić information content (AvgIpc) is 2.76. The van der Waals surface area contributed by atoms with Crippen molar-refractivity contribution in [3.63, 3.8) is 0 Å². The van der Waals surface area contributed by atoms with E-state index < -0.39 is 5.97 Å². The van der Waals surface area contributed by atoms with Crippen LogP contribution in [0.4, 0.5) is 5.69 Å². The molecular weight excluding hydrogens is 234 g/mol. The van der Waals surface area contributed by atoms with Gasteiger partial charge < -0.3 is 20.0 Å². The van der Waals surface area contributed by atoms with E-state index in [1.54, 1.807) is 18.2 Å². The number of aromatic carboxylic acids is 1. The zero-order chi connectivity index (χ0) is 13.1. The molecule has 1 aromatic heterocycles. The molecule has 0 saturated carbocycles. The van der Waals surface area contributed by atoms with Gasteiger partial charge in [0.2, 0.25) is 5.76 Å². The minimum absolute atomic E-state index is 0.106. The summed E-state index contributed by atoms with van der Waals surface area (Å²) in [5.41, 5.74) is 7.38. The summed E-state index contributed by atoms with van der Waals surface area (Å²) >= 11 is 0. The van der Waals surface area contributed by atoms with Gasteiger partial charge in [0.1, 0.15) is 18.1 Å². The van der Waals surface area contributed by atoms with Crippen molar-refractivity contribution in [2.45, 2.75) is 13.5 Å². The van der Waals surface area contributed by atoms with Crippen LogP contribution in [0, 0.1) is 6.92 Å². The molecule has 1 aromatic carbocycles. The van der Waals surface area contributed by atoms with Crippen molar-refractivity contribution in [3.8, 4) is 5.75 Å². The maximum atomic E-state index is 10.6. The molecule has 5 heteroatoms. The number of benzene rings is 1. The Morgan fingerprint density at radius 2 is 2.17 bits per heavy atom. The number of carbonyl (C=O) groups is 1. The van der Waals surface area contributed by atoms with E-state index in [4.69, 9.17) is 20.0 Å². The average molecular weight is 247 g/mol. The second-order valence-electron chi connectivity index (χ2n) is 3.90. The molecule has 18 heavy (non-hydrogen) atoms. The van der Waals surface area contributed by atoms with Crippen LogP contribution in [0.1, 0.15) is 21.9 Å². The summed E-state index contributed by atoms with van der Waals surface area (Å²) in [6.45, 7) is 2.08. The zero-order valence-electron chi connectivity index (χ0n) is 9.84. The van der Waals surface area contributed by atoms with Crippen molar-refractivity contribution in [2.24, 2.45) is 0 Å². The highest BCUT2D eigenvalue weighted by Crippen LogP contribution is 2.23. The number of hydrogen-bond donors (Lipinski definition) is 2. The van der Waals surface area contributed by atoms with Gasteiger partial charge in [0, 0.05) is 0 Å². The molecular formula is C13H13NO4. The fourth-order valence-corrected chi connectivity index (χ4v) is 1.52.